The molecule has 2 rings (SSSR count). The molecule has 1 aromatic rings. The van der Waals surface area contributed by atoms with Gasteiger partial charge in [-0.05, 0) is 41.9 Å². The molecular weight excluding hydrogens is 304 g/mol. The number of hydrogen-bond acceptors (Lipinski definition) is 4. The molecule has 5 heteroatoms. The fourth-order valence-corrected chi connectivity index (χ4v) is 3.85. The molecule has 2 heterocycles. The number of ether oxygens (including phenoxy) is 2. The summed E-state index contributed by atoms with van der Waals surface area (Å²) in [6.07, 6.45) is 0. The SMILES string of the molecule is COC(=O)C(C)(C)C1(c2ccc(Br)s2)COC1. The maximum Gasteiger partial charge on any atom is 0.312 e. The molecule has 0 N–H and O–H groups in total. The first-order chi connectivity index (χ1) is 7.94. The largest absolute Gasteiger partial charge is 0.469 e. The highest BCUT2D eigenvalue weighted by Crippen LogP contribution is 2.50. The molecular formula is C12H15BrO3S. The Hall–Kier alpha value is -0.390. The summed E-state index contributed by atoms with van der Waals surface area (Å²) >= 11 is 5.11. The van der Waals surface area contributed by atoms with Crippen LogP contribution in [0.15, 0.2) is 15.9 Å². The quantitative estimate of drug-likeness (QED) is 0.804. The van der Waals surface area contributed by atoms with Crippen LogP contribution in [0.4, 0.5) is 0 Å². The average molecular weight is 319 g/mol. The monoisotopic (exact) mass is 318 g/mol. The fraction of sp³-hybridized carbons (Fsp3) is 0.583. The van der Waals surface area contributed by atoms with Crippen molar-refractivity contribution in [3.05, 3.63) is 20.8 Å². The van der Waals surface area contributed by atoms with Gasteiger partial charge in [-0.1, -0.05) is 0 Å². The van der Waals surface area contributed by atoms with Crippen molar-refractivity contribution < 1.29 is 14.3 Å². The van der Waals surface area contributed by atoms with E-state index in [1.54, 1.807) is 11.3 Å². The van der Waals surface area contributed by atoms with Crippen molar-refractivity contribution in [1.82, 2.24) is 0 Å². The minimum atomic E-state index is -0.579. The van der Waals surface area contributed by atoms with E-state index in [1.807, 2.05) is 19.9 Å². The van der Waals surface area contributed by atoms with Gasteiger partial charge in [0, 0.05) is 4.88 Å². The molecule has 0 atom stereocenters. The van der Waals surface area contributed by atoms with Crippen LogP contribution in [0.2, 0.25) is 0 Å². The van der Waals surface area contributed by atoms with Gasteiger partial charge in [-0.2, -0.15) is 0 Å². The zero-order valence-corrected chi connectivity index (χ0v) is 12.5. The molecule has 0 radical (unpaired) electrons. The molecule has 0 aliphatic carbocycles. The molecule has 1 aromatic heterocycles. The van der Waals surface area contributed by atoms with Gasteiger partial charge in [-0.15, -0.1) is 11.3 Å². The summed E-state index contributed by atoms with van der Waals surface area (Å²) in [5, 5.41) is 0. The zero-order chi connectivity index (χ0) is 12.7. The van der Waals surface area contributed by atoms with Crippen LogP contribution in [0, 0.1) is 5.41 Å². The standard InChI is InChI=1S/C12H15BrO3S/c1-11(2,10(14)15-3)12(6-16-7-12)8-4-5-9(13)17-8/h4-5H,6-7H2,1-3H3. The second-order valence-electron chi connectivity index (χ2n) is 4.80. The molecule has 0 unspecified atom stereocenters. The van der Waals surface area contributed by atoms with E-state index < -0.39 is 5.41 Å². The van der Waals surface area contributed by atoms with E-state index in [-0.39, 0.29) is 11.4 Å². The van der Waals surface area contributed by atoms with Gasteiger partial charge in [-0.25, -0.2) is 0 Å². The van der Waals surface area contributed by atoms with E-state index in [0.717, 1.165) is 3.79 Å². The number of carbonyl (C=O) groups is 1. The normalized spacial score (nSPS) is 18.6. The lowest BCUT2D eigenvalue weighted by molar-refractivity contribution is -0.174. The summed E-state index contributed by atoms with van der Waals surface area (Å²) in [7, 11) is 1.43. The van der Waals surface area contributed by atoms with E-state index in [0.29, 0.717) is 13.2 Å². The van der Waals surface area contributed by atoms with Crippen molar-refractivity contribution >= 4 is 33.2 Å². The van der Waals surface area contributed by atoms with Crippen LogP contribution in [-0.4, -0.2) is 26.3 Å². The lowest BCUT2D eigenvalue weighted by atomic mass is 9.63. The van der Waals surface area contributed by atoms with Crippen molar-refractivity contribution in [2.75, 3.05) is 20.3 Å². The second kappa shape index (κ2) is 4.37. The Kier molecular flexibility index (Phi) is 3.36. The van der Waals surface area contributed by atoms with E-state index in [4.69, 9.17) is 9.47 Å². The molecule has 94 valence electrons. The molecule has 0 aromatic carbocycles. The molecule has 17 heavy (non-hydrogen) atoms. The third kappa shape index (κ3) is 1.84. The molecule has 1 aliphatic rings. The smallest absolute Gasteiger partial charge is 0.312 e. The third-order valence-electron chi connectivity index (χ3n) is 3.63. The Labute approximate surface area is 113 Å². The Morgan fingerprint density at radius 2 is 2.18 bits per heavy atom. The number of thiophene rings is 1. The van der Waals surface area contributed by atoms with Crippen molar-refractivity contribution in [3.8, 4) is 0 Å². The van der Waals surface area contributed by atoms with Crippen molar-refractivity contribution in [1.29, 1.82) is 0 Å². The maximum absolute atomic E-state index is 12.0. The van der Waals surface area contributed by atoms with Gasteiger partial charge in [0.05, 0.1) is 34.9 Å². The minimum absolute atomic E-state index is 0.190. The van der Waals surface area contributed by atoms with E-state index in [1.165, 1.54) is 12.0 Å². The highest BCUT2D eigenvalue weighted by atomic mass is 79.9. The van der Waals surface area contributed by atoms with Gasteiger partial charge < -0.3 is 9.47 Å². The van der Waals surface area contributed by atoms with Crippen LogP contribution in [0.3, 0.4) is 0 Å². The van der Waals surface area contributed by atoms with Crippen LogP contribution >= 0.6 is 27.3 Å². The van der Waals surface area contributed by atoms with Crippen LogP contribution in [0.25, 0.3) is 0 Å². The Bertz CT molecular complexity index is 435. The number of methoxy groups -OCH3 is 1. The lowest BCUT2D eigenvalue weighted by Crippen LogP contribution is -2.59. The van der Waals surface area contributed by atoms with Gasteiger partial charge in [0.25, 0.3) is 0 Å². The van der Waals surface area contributed by atoms with Gasteiger partial charge in [0.2, 0.25) is 0 Å². The van der Waals surface area contributed by atoms with Gasteiger partial charge in [-0.3, -0.25) is 4.79 Å². The van der Waals surface area contributed by atoms with Crippen molar-refractivity contribution in [2.24, 2.45) is 5.41 Å². The summed E-state index contributed by atoms with van der Waals surface area (Å²) in [5.41, 5.74) is -0.832. The van der Waals surface area contributed by atoms with Gasteiger partial charge >= 0.3 is 5.97 Å². The van der Waals surface area contributed by atoms with Crippen molar-refractivity contribution in [3.63, 3.8) is 0 Å². The molecule has 0 saturated carbocycles. The fourth-order valence-electron chi connectivity index (χ4n) is 2.14. The lowest BCUT2D eigenvalue weighted by Gasteiger charge is -2.50. The number of rotatable bonds is 3. The Morgan fingerprint density at radius 3 is 2.53 bits per heavy atom. The van der Waals surface area contributed by atoms with Crippen LogP contribution in [-0.2, 0) is 19.7 Å². The van der Waals surface area contributed by atoms with Gasteiger partial charge in [0.1, 0.15) is 0 Å². The average Bonchev–Trinajstić information content (AvgIpc) is 2.61. The highest BCUT2D eigenvalue weighted by Gasteiger charge is 2.57. The number of hydrogen-bond donors (Lipinski definition) is 0. The molecule has 1 saturated heterocycles. The predicted octanol–water partition coefficient (Wildman–Crippen LogP) is 2.98. The van der Waals surface area contributed by atoms with Crippen LogP contribution in [0.5, 0.6) is 0 Å². The van der Waals surface area contributed by atoms with Gasteiger partial charge in [0.15, 0.2) is 0 Å². The maximum atomic E-state index is 12.0. The Balaban J connectivity index is 2.41. The highest BCUT2D eigenvalue weighted by molar-refractivity contribution is 9.11. The summed E-state index contributed by atoms with van der Waals surface area (Å²) in [4.78, 5) is 13.1. The predicted molar refractivity (Wildman–Crippen MR) is 70.3 cm³/mol. The number of halogens is 1. The first-order valence-electron chi connectivity index (χ1n) is 5.36. The Morgan fingerprint density at radius 1 is 1.53 bits per heavy atom. The molecule has 1 fully saturated rings. The van der Waals surface area contributed by atoms with Crippen molar-refractivity contribution in [2.45, 2.75) is 19.3 Å². The topological polar surface area (TPSA) is 35.5 Å². The third-order valence-corrected chi connectivity index (χ3v) is 5.46. The first-order valence-corrected chi connectivity index (χ1v) is 6.97. The number of carbonyl (C=O) groups excluding carboxylic acids is 1. The van der Waals surface area contributed by atoms with E-state index >= 15 is 0 Å². The van der Waals surface area contributed by atoms with E-state index in [9.17, 15) is 4.79 Å². The van der Waals surface area contributed by atoms with Crippen LogP contribution in [0.1, 0.15) is 18.7 Å². The summed E-state index contributed by atoms with van der Waals surface area (Å²) in [6.45, 7) is 4.99. The number of esters is 1. The summed E-state index contributed by atoms with van der Waals surface area (Å²) < 4.78 is 11.4. The molecule has 0 amide bonds. The molecule has 1 aliphatic heterocycles. The zero-order valence-electron chi connectivity index (χ0n) is 10.1. The second-order valence-corrected chi connectivity index (χ2v) is 7.26. The molecule has 3 nitrogen and oxygen atoms in total. The van der Waals surface area contributed by atoms with Crippen LogP contribution < -0.4 is 0 Å². The van der Waals surface area contributed by atoms with E-state index in [2.05, 4.69) is 22.0 Å². The summed E-state index contributed by atoms with van der Waals surface area (Å²) in [6, 6.07) is 4.06. The summed E-state index contributed by atoms with van der Waals surface area (Å²) in [5.74, 6) is -0.190. The minimum Gasteiger partial charge on any atom is -0.469 e. The molecule has 0 bridgehead atoms. The first kappa shape index (κ1) is 13.1. The molecule has 0 spiro atoms.